The molecule has 1 aromatic heterocycles. The fraction of sp³-hybridized carbons (Fsp3) is 0.455. The lowest BCUT2D eigenvalue weighted by atomic mass is 10.1. The zero-order chi connectivity index (χ0) is 20.8. The molecule has 3 rings (SSSR count). The molecule has 2 aromatic rings. The molecule has 0 bridgehead atoms. The maximum Gasteiger partial charge on any atom is 0.341 e. The van der Waals surface area contributed by atoms with Gasteiger partial charge < -0.3 is 15.4 Å². The highest BCUT2D eigenvalue weighted by atomic mass is 32.1. The molecule has 0 spiro atoms. The Kier molecular flexibility index (Phi) is 7.64. The average molecular weight is 432 g/mol. The highest BCUT2D eigenvalue weighted by Crippen LogP contribution is 2.34. The lowest BCUT2D eigenvalue weighted by molar-refractivity contribution is 0.0601. The van der Waals surface area contributed by atoms with Crippen LogP contribution in [0.4, 0.5) is 10.7 Å². The van der Waals surface area contributed by atoms with E-state index in [4.69, 9.17) is 17.0 Å². The van der Waals surface area contributed by atoms with Crippen LogP contribution in [0.3, 0.4) is 0 Å². The number of piperidine rings is 1. The minimum atomic E-state index is -0.335. The highest BCUT2D eigenvalue weighted by molar-refractivity contribution is 7.80. The standard InChI is InChI=1S/C22H29N3O2S2/c1-4-18-15(2)29-20(19(18)21(26)27-3)24-22(28)23-17-10-8-16(9-11-17)14-25-12-6-5-7-13-25/h8-11H,4-7,12-14H2,1-3H3,(H2,23,24,28). The second-order valence-electron chi connectivity index (χ2n) is 7.30. The first-order valence-corrected chi connectivity index (χ1v) is 11.3. The highest BCUT2D eigenvalue weighted by Gasteiger charge is 2.22. The third-order valence-electron chi connectivity index (χ3n) is 5.25. The summed E-state index contributed by atoms with van der Waals surface area (Å²) in [5.41, 5.74) is 3.83. The number of hydrogen-bond donors (Lipinski definition) is 2. The fourth-order valence-corrected chi connectivity index (χ4v) is 5.17. The van der Waals surface area contributed by atoms with Gasteiger partial charge in [0, 0.05) is 17.1 Å². The molecule has 1 aliphatic rings. The van der Waals surface area contributed by atoms with Crippen molar-refractivity contribution in [3.63, 3.8) is 0 Å². The van der Waals surface area contributed by atoms with Crippen molar-refractivity contribution < 1.29 is 9.53 Å². The lowest BCUT2D eigenvalue weighted by Crippen LogP contribution is -2.29. The first-order valence-electron chi connectivity index (χ1n) is 10.1. The minimum Gasteiger partial charge on any atom is -0.465 e. The zero-order valence-electron chi connectivity index (χ0n) is 17.3. The monoisotopic (exact) mass is 431 g/mol. The van der Waals surface area contributed by atoms with Gasteiger partial charge in [-0.15, -0.1) is 11.3 Å². The van der Waals surface area contributed by atoms with Crippen LogP contribution >= 0.6 is 23.6 Å². The maximum atomic E-state index is 12.2. The molecule has 7 heteroatoms. The first kappa shape index (κ1) is 21.7. The van der Waals surface area contributed by atoms with Crippen molar-refractivity contribution in [1.29, 1.82) is 0 Å². The van der Waals surface area contributed by atoms with Crippen molar-refractivity contribution in [2.24, 2.45) is 0 Å². The van der Waals surface area contributed by atoms with Gasteiger partial charge in [-0.25, -0.2) is 4.79 Å². The van der Waals surface area contributed by atoms with Gasteiger partial charge in [-0.2, -0.15) is 0 Å². The van der Waals surface area contributed by atoms with Gasteiger partial charge in [0.2, 0.25) is 0 Å². The van der Waals surface area contributed by atoms with E-state index in [1.165, 1.54) is 56.4 Å². The van der Waals surface area contributed by atoms with Gasteiger partial charge in [-0.3, -0.25) is 4.90 Å². The lowest BCUT2D eigenvalue weighted by Gasteiger charge is -2.26. The smallest absolute Gasteiger partial charge is 0.341 e. The number of ether oxygens (including phenoxy) is 1. The summed E-state index contributed by atoms with van der Waals surface area (Å²) in [6, 6.07) is 8.38. The molecule has 0 radical (unpaired) electrons. The molecule has 5 nitrogen and oxygen atoms in total. The third kappa shape index (κ3) is 5.56. The van der Waals surface area contributed by atoms with Crippen LogP contribution in [-0.4, -0.2) is 36.2 Å². The van der Waals surface area contributed by atoms with Crippen LogP contribution in [0.15, 0.2) is 24.3 Å². The van der Waals surface area contributed by atoms with Crippen molar-refractivity contribution in [2.75, 3.05) is 30.8 Å². The second kappa shape index (κ2) is 10.2. The number of hydrogen-bond acceptors (Lipinski definition) is 5. The third-order valence-corrected chi connectivity index (χ3v) is 6.51. The Hall–Kier alpha value is -1.96. The number of benzene rings is 1. The Morgan fingerprint density at radius 2 is 1.86 bits per heavy atom. The molecule has 1 aliphatic heterocycles. The Bertz CT molecular complexity index is 856. The fourth-order valence-electron chi connectivity index (χ4n) is 3.75. The largest absolute Gasteiger partial charge is 0.465 e. The van der Waals surface area contributed by atoms with E-state index in [1.54, 1.807) is 0 Å². The summed E-state index contributed by atoms with van der Waals surface area (Å²) in [7, 11) is 1.40. The molecule has 156 valence electrons. The molecule has 1 aromatic carbocycles. The van der Waals surface area contributed by atoms with Gasteiger partial charge in [-0.1, -0.05) is 25.5 Å². The van der Waals surface area contributed by atoms with Crippen molar-refractivity contribution in [2.45, 2.75) is 46.1 Å². The van der Waals surface area contributed by atoms with Gasteiger partial charge in [-0.05, 0) is 74.8 Å². The summed E-state index contributed by atoms with van der Waals surface area (Å²) in [5, 5.41) is 7.58. The number of esters is 1. The number of nitrogens with one attached hydrogen (secondary N) is 2. The molecule has 2 heterocycles. The molecule has 0 unspecified atom stereocenters. The molecular formula is C22H29N3O2S2. The predicted molar refractivity (Wildman–Crippen MR) is 125 cm³/mol. The van der Waals surface area contributed by atoms with Crippen LogP contribution in [0.25, 0.3) is 0 Å². The summed E-state index contributed by atoms with van der Waals surface area (Å²) in [6.45, 7) is 7.43. The van der Waals surface area contributed by atoms with E-state index in [-0.39, 0.29) is 5.97 Å². The van der Waals surface area contributed by atoms with E-state index in [9.17, 15) is 4.79 Å². The van der Waals surface area contributed by atoms with Gasteiger partial charge in [0.1, 0.15) is 5.00 Å². The Morgan fingerprint density at radius 3 is 2.48 bits per heavy atom. The summed E-state index contributed by atoms with van der Waals surface area (Å²) >= 11 is 7.00. The van der Waals surface area contributed by atoms with Crippen LogP contribution in [0.1, 0.15) is 52.5 Å². The molecular weight excluding hydrogens is 402 g/mol. The minimum absolute atomic E-state index is 0.335. The number of likely N-dealkylation sites (tertiary alicyclic amines) is 1. The second-order valence-corrected chi connectivity index (χ2v) is 8.93. The van der Waals surface area contributed by atoms with Crippen molar-refractivity contribution in [3.8, 4) is 0 Å². The van der Waals surface area contributed by atoms with E-state index in [2.05, 4.69) is 27.7 Å². The number of anilines is 2. The SMILES string of the molecule is CCc1c(C)sc(NC(=S)Nc2ccc(CN3CCCCC3)cc2)c1C(=O)OC. The van der Waals surface area contributed by atoms with E-state index in [0.29, 0.717) is 10.7 Å². The number of methoxy groups -OCH3 is 1. The van der Waals surface area contributed by atoms with E-state index < -0.39 is 0 Å². The van der Waals surface area contributed by atoms with Crippen LogP contribution in [0.2, 0.25) is 0 Å². The first-order chi connectivity index (χ1) is 14.0. The van der Waals surface area contributed by atoms with E-state index >= 15 is 0 Å². The summed E-state index contributed by atoms with van der Waals surface area (Å²) in [6.07, 6.45) is 4.72. The molecule has 1 saturated heterocycles. The van der Waals surface area contributed by atoms with E-state index in [0.717, 1.165) is 34.1 Å². The molecule has 29 heavy (non-hydrogen) atoms. The van der Waals surface area contributed by atoms with E-state index in [1.807, 2.05) is 26.0 Å². The van der Waals surface area contributed by atoms with Crippen LogP contribution in [0, 0.1) is 6.92 Å². The normalized spacial score (nSPS) is 14.4. The van der Waals surface area contributed by atoms with Crippen molar-refractivity contribution in [3.05, 3.63) is 45.8 Å². The number of thiophene rings is 1. The van der Waals surface area contributed by atoms with Gasteiger partial charge in [0.15, 0.2) is 5.11 Å². The Balaban J connectivity index is 1.63. The number of rotatable bonds is 6. The number of nitrogens with zero attached hydrogens (tertiary/aromatic N) is 1. The number of carbonyl (C=O) groups is 1. The summed E-state index contributed by atoms with van der Waals surface area (Å²) < 4.78 is 4.97. The Morgan fingerprint density at radius 1 is 1.17 bits per heavy atom. The molecule has 1 fully saturated rings. The van der Waals surface area contributed by atoms with Gasteiger partial charge in [0.25, 0.3) is 0 Å². The van der Waals surface area contributed by atoms with Crippen molar-refractivity contribution in [1.82, 2.24) is 4.90 Å². The van der Waals surface area contributed by atoms with Crippen molar-refractivity contribution >= 4 is 45.3 Å². The molecule has 0 saturated carbocycles. The number of aryl methyl sites for hydroxylation is 1. The molecule has 0 aliphatic carbocycles. The predicted octanol–water partition coefficient (Wildman–Crippen LogP) is 5.20. The van der Waals surface area contributed by atoms with Gasteiger partial charge >= 0.3 is 5.97 Å². The summed E-state index contributed by atoms with van der Waals surface area (Å²) in [4.78, 5) is 15.9. The molecule has 0 amide bonds. The molecule has 0 atom stereocenters. The van der Waals surface area contributed by atoms with Crippen LogP contribution in [-0.2, 0) is 17.7 Å². The number of thiocarbonyl (C=S) groups is 1. The zero-order valence-corrected chi connectivity index (χ0v) is 19.0. The quantitative estimate of drug-likeness (QED) is 0.484. The number of carbonyl (C=O) groups excluding carboxylic acids is 1. The maximum absolute atomic E-state index is 12.2. The topological polar surface area (TPSA) is 53.6 Å². The van der Waals surface area contributed by atoms with Crippen LogP contribution in [0.5, 0.6) is 0 Å². The average Bonchev–Trinajstić information content (AvgIpc) is 3.04. The van der Waals surface area contributed by atoms with Crippen LogP contribution < -0.4 is 10.6 Å². The Labute approximate surface area is 182 Å². The van der Waals surface area contributed by atoms with Gasteiger partial charge in [0.05, 0.1) is 12.7 Å². The molecule has 2 N–H and O–H groups in total. The summed E-state index contributed by atoms with van der Waals surface area (Å²) in [5.74, 6) is -0.335.